The lowest BCUT2D eigenvalue weighted by atomic mass is 10.3. The minimum atomic E-state index is 0.0474. The average molecular weight is 218 g/mol. The Balaban J connectivity index is 2.05. The number of nitrogens with one attached hydrogen (secondary N) is 1. The molecule has 16 heavy (non-hydrogen) atoms. The fourth-order valence-electron chi connectivity index (χ4n) is 2.09. The zero-order valence-corrected chi connectivity index (χ0v) is 9.18. The van der Waals surface area contributed by atoms with Gasteiger partial charge in [-0.3, -0.25) is 4.98 Å². The number of aromatic nitrogens is 3. The van der Waals surface area contributed by atoms with E-state index in [4.69, 9.17) is 4.74 Å². The molecule has 0 saturated carbocycles. The van der Waals surface area contributed by atoms with Gasteiger partial charge in [0, 0.05) is 26.3 Å². The van der Waals surface area contributed by atoms with Gasteiger partial charge >= 0.3 is 0 Å². The molecule has 1 aliphatic rings. The number of ether oxygens (including phenoxy) is 1. The number of nitrogens with zero attached hydrogens (tertiary/aromatic N) is 3. The molecule has 3 heterocycles. The molecule has 0 amide bonds. The van der Waals surface area contributed by atoms with Crippen LogP contribution in [0.15, 0.2) is 18.5 Å². The molecule has 3 rings (SSSR count). The third-order valence-corrected chi connectivity index (χ3v) is 2.93. The number of hydrogen-bond acceptors (Lipinski definition) is 4. The zero-order valence-electron chi connectivity index (χ0n) is 9.18. The highest BCUT2D eigenvalue weighted by Crippen LogP contribution is 2.21. The van der Waals surface area contributed by atoms with Gasteiger partial charge in [-0.05, 0) is 6.07 Å². The van der Waals surface area contributed by atoms with E-state index in [1.807, 2.05) is 13.1 Å². The summed E-state index contributed by atoms with van der Waals surface area (Å²) in [4.78, 5) is 8.65. The summed E-state index contributed by atoms with van der Waals surface area (Å²) in [6.45, 7) is 2.48. The van der Waals surface area contributed by atoms with Gasteiger partial charge in [-0.1, -0.05) is 0 Å². The Bertz CT molecular complexity index is 502. The molecule has 0 radical (unpaired) electrons. The highest BCUT2D eigenvalue weighted by Gasteiger charge is 2.21. The van der Waals surface area contributed by atoms with Crippen molar-refractivity contribution in [3.63, 3.8) is 0 Å². The quantitative estimate of drug-likeness (QED) is 0.762. The Morgan fingerprint density at radius 3 is 3.25 bits per heavy atom. The van der Waals surface area contributed by atoms with E-state index < -0.39 is 0 Å². The van der Waals surface area contributed by atoms with E-state index in [0.29, 0.717) is 0 Å². The van der Waals surface area contributed by atoms with E-state index in [0.717, 1.165) is 36.6 Å². The van der Waals surface area contributed by atoms with Crippen LogP contribution in [0.4, 0.5) is 0 Å². The van der Waals surface area contributed by atoms with Gasteiger partial charge in [0.1, 0.15) is 17.4 Å². The van der Waals surface area contributed by atoms with Crippen LogP contribution >= 0.6 is 0 Å². The van der Waals surface area contributed by atoms with Crippen molar-refractivity contribution >= 4 is 11.0 Å². The van der Waals surface area contributed by atoms with Crippen molar-refractivity contribution in [3.05, 3.63) is 24.3 Å². The molecule has 1 N–H and O–H groups in total. The van der Waals surface area contributed by atoms with Crippen LogP contribution in [-0.4, -0.2) is 34.2 Å². The summed E-state index contributed by atoms with van der Waals surface area (Å²) in [6.07, 6.45) is 3.62. The molecular weight excluding hydrogens is 204 g/mol. The van der Waals surface area contributed by atoms with Crippen molar-refractivity contribution in [1.82, 2.24) is 19.9 Å². The number of aryl methyl sites for hydroxylation is 1. The van der Waals surface area contributed by atoms with Crippen LogP contribution in [0.3, 0.4) is 0 Å². The molecule has 1 aliphatic heterocycles. The van der Waals surface area contributed by atoms with Crippen LogP contribution < -0.4 is 5.32 Å². The molecule has 1 atom stereocenters. The van der Waals surface area contributed by atoms with Crippen molar-refractivity contribution in [2.24, 2.45) is 7.05 Å². The largest absolute Gasteiger partial charge is 0.368 e. The minimum Gasteiger partial charge on any atom is -0.368 e. The fraction of sp³-hybridized carbons (Fsp3) is 0.455. The molecule has 2 aromatic heterocycles. The molecule has 1 unspecified atom stereocenters. The smallest absolute Gasteiger partial charge is 0.140 e. The van der Waals surface area contributed by atoms with Crippen LogP contribution in [0.1, 0.15) is 11.9 Å². The summed E-state index contributed by atoms with van der Waals surface area (Å²) in [5, 5.41) is 3.31. The first kappa shape index (κ1) is 9.74. The highest BCUT2D eigenvalue weighted by atomic mass is 16.5. The zero-order chi connectivity index (χ0) is 11.0. The first-order valence-electron chi connectivity index (χ1n) is 5.45. The van der Waals surface area contributed by atoms with Gasteiger partial charge in [0.2, 0.25) is 0 Å². The van der Waals surface area contributed by atoms with E-state index >= 15 is 0 Å². The molecule has 2 aromatic rings. The van der Waals surface area contributed by atoms with Gasteiger partial charge < -0.3 is 14.6 Å². The Morgan fingerprint density at radius 2 is 2.50 bits per heavy atom. The van der Waals surface area contributed by atoms with Crippen molar-refractivity contribution in [2.75, 3.05) is 19.7 Å². The monoisotopic (exact) mass is 218 g/mol. The van der Waals surface area contributed by atoms with Gasteiger partial charge in [0.15, 0.2) is 0 Å². The molecule has 5 heteroatoms. The lowest BCUT2D eigenvalue weighted by molar-refractivity contribution is 0.0208. The predicted octanol–water partition coefficient (Wildman–Crippen LogP) is 0.629. The van der Waals surface area contributed by atoms with Crippen LogP contribution in [0.2, 0.25) is 0 Å². The first-order chi connectivity index (χ1) is 7.86. The number of imidazole rings is 1. The second kappa shape index (κ2) is 3.84. The first-order valence-corrected chi connectivity index (χ1v) is 5.45. The number of pyridine rings is 1. The third kappa shape index (κ3) is 1.48. The SMILES string of the molecule is Cn1c(C2CNCCO2)nc2cnccc21. The van der Waals surface area contributed by atoms with Gasteiger partial charge in [-0.2, -0.15) is 0 Å². The predicted molar refractivity (Wildman–Crippen MR) is 60.1 cm³/mol. The topological polar surface area (TPSA) is 52.0 Å². The van der Waals surface area contributed by atoms with E-state index in [1.54, 1.807) is 12.4 Å². The second-order valence-electron chi connectivity index (χ2n) is 3.96. The third-order valence-electron chi connectivity index (χ3n) is 2.93. The maximum Gasteiger partial charge on any atom is 0.140 e. The second-order valence-corrected chi connectivity index (χ2v) is 3.96. The van der Waals surface area contributed by atoms with Crippen LogP contribution in [0.25, 0.3) is 11.0 Å². The van der Waals surface area contributed by atoms with Crippen molar-refractivity contribution < 1.29 is 4.74 Å². The molecule has 1 fully saturated rings. The van der Waals surface area contributed by atoms with E-state index in [-0.39, 0.29) is 6.10 Å². The van der Waals surface area contributed by atoms with Crippen molar-refractivity contribution in [1.29, 1.82) is 0 Å². The number of morpholine rings is 1. The molecule has 5 nitrogen and oxygen atoms in total. The highest BCUT2D eigenvalue weighted by molar-refractivity contribution is 5.74. The molecule has 0 bridgehead atoms. The number of rotatable bonds is 1. The Labute approximate surface area is 93.5 Å². The lowest BCUT2D eigenvalue weighted by Crippen LogP contribution is -2.34. The molecular formula is C11H14N4O. The Kier molecular flexibility index (Phi) is 2.34. The molecule has 1 saturated heterocycles. The normalized spacial score (nSPS) is 21.4. The van der Waals surface area contributed by atoms with Crippen LogP contribution in [0, 0.1) is 0 Å². The van der Waals surface area contributed by atoms with Gasteiger partial charge in [-0.25, -0.2) is 4.98 Å². The Morgan fingerprint density at radius 1 is 1.56 bits per heavy atom. The standard InChI is InChI=1S/C11H14N4O/c1-15-9-2-3-12-6-8(9)14-11(15)10-7-13-4-5-16-10/h2-3,6,10,13H,4-5,7H2,1H3. The van der Waals surface area contributed by atoms with Crippen molar-refractivity contribution in [3.8, 4) is 0 Å². The van der Waals surface area contributed by atoms with Gasteiger partial charge in [0.05, 0.1) is 18.3 Å². The molecule has 84 valence electrons. The fourth-order valence-corrected chi connectivity index (χ4v) is 2.09. The molecule has 0 aromatic carbocycles. The van der Waals surface area contributed by atoms with Crippen LogP contribution in [-0.2, 0) is 11.8 Å². The number of hydrogen-bond donors (Lipinski definition) is 1. The maximum absolute atomic E-state index is 5.71. The minimum absolute atomic E-state index is 0.0474. The summed E-state index contributed by atoms with van der Waals surface area (Å²) in [5.41, 5.74) is 2.02. The van der Waals surface area contributed by atoms with E-state index in [1.165, 1.54) is 0 Å². The van der Waals surface area contributed by atoms with E-state index in [9.17, 15) is 0 Å². The van der Waals surface area contributed by atoms with E-state index in [2.05, 4.69) is 19.9 Å². The summed E-state index contributed by atoms with van der Waals surface area (Å²) >= 11 is 0. The summed E-state index contributed by atoms with van der Waals surface area (Å²) in [7, 11) is 2.02. The maximum atomic E-state index is 5.71. The Hall–Kier alpha value is -1.46. The average Bonchev–Trinajstić information content (AvgIpc) is 2.69. The van der Waals surface area contributed by atoms with Crippen LogP contribution in [0.5, 0.6) is 0 Å². The van der Waals surface area contributed by atoms with Gasteiger partial charge in [0.25, 0.3) is 0 Å². The summed E-state index contributed by atoms with van der Waals surface area (Å²) < 4.78 is 7.79. The molecule has 0 spiro atoms. The lowest BCUT2D eigenvalue weighted by Gasteiger charge is -2.23. The van der Waals surface area contributed by atoms with Gasteiger partial charge in [-0.15, -0.1) is 0 Å². The van der Waals surface area contributed by atoms with Crippen molar-refractivity contribution in [2.45, 2.75) is 6.10 Å². The summed E-state index contributed by atoms with van der Waals surface area (Å²) in [5.74, 6) is 0.968. The summed E-state index contributed by atoms with van der Waals surface area (Å²) in [6, 6.07) is 1.97. The molecule has 0 aliphatic carbocycles. The number of fused-ring (bicyclic) bond motifs is 1.